The third-order valence-electron chi connectivity index (χ3n) is 10.7. The fourth-order valence-electron chi connectivity index (χ4n) is 7.76. The second-order valence-corrected chi connectivity index (χ2v) is 14.5. The second-order valence-electron chi connectivity index (χ2n) is 14.5. The minimum Gasteiger partial charge on any atom is -0.455 e. The zero-order valence-electron chi connectivity index (χ0n) is 31.7. The summed E-state index contributed by atoms with van der Waals surface area (Å²) in [5.74, 6) is 2.53. The Morgan fingerprint density at radius 1 is 0.271 bits per heavy atom. The van der Waals surface area contributed by atoms with Gasteiger partial charge in [-0.25, -0.2) is 24.9 Å². The first-order chi connectivity index (χ1) is 29.2. The Labute approximate surface area is 340 Å². The molecule has 59 heavy (non-hydrogen) atoms. The summed E-state index contributed by atoms with van der Waals surface area (Å²) >= 11 is 0. The SMILES string of the molecule is c1ccc(-c2nc(-c3cccc(-c4cccc(-c5nc(-c6ccccc6)nc(-c6ccccc6)n5)c4)c3)cc(-c3ccc4oc5c6ccccc6ccc5c4c3)n2)cc1. The van der Waals surface area contributed by atoms with Gasteiger partial charge in [-0.2, -0.15) is 0 Å². The first-order valence-corrected chi connectivity index (χ1v) is 19.6. The highest BCUT2D eigenvalue weighted by molar-refractivity contribution is 6.15. The van der Waals surface area contributed by atoms with Gasteiger partial charge in [-0.15, -0.1) is 0 Å². The maximum absolute atomic E-state index is 6.44. The molecule has 0 amide bonds. The van der Waals surface area contributed by atoms with Crippen molar-refractivity contribution in [3.8, 4) is 79.2 Å². The highest BCUT2D eigenvalue weighted by Gasteiger charge is 2.17. The molecule has 11 rings (SSSR count). The molecule has 0 fully saturated rings. The molecule has 8 aromatic carbocycles. The van der Waals surface area contributed by atoms with Gasteiger partial charge < -0.3 is 4.42 Å². The third kappa shape index (κ3) is 6.49. The second kappa shape index (κ2) is 14.4. The van der Waals surface area contributed by atoms with Crippen molar-refractivity contribution in [2.45, 2.75) is 0 Å². The Kier molecular flexibility index (Phi) is 8.37. The van der Waals surface area contributed by atoms with Crippen LogP contribution in [0, 0.1) is 0 Å². The molecule has 0 unspecified atom stereocenters. The van der Waals surface area contributed by atoms with Crippen LogP contribution < -0.4 is 0 Å². The summed E-state index contributed by atoms with van der Waals surface area (Å²) in [4.78, 5) is 25.1. The molecule has 3 heterocycles. The summed E-state index contributed by atoms with van der Waals surface area (Å²) in [5, 5.41) is 4.39. The number of aromatic nitrogens is 5. The van der Waals surface area contributed by atoms with E-state index < -0.39 is 0 Å². The van der Waals surface area contributed by atoms with E-state index in [4.69, 9.17) is 29.3 Å². The summed E-state index contributed by atoms with van der Waals surface area (Å²) < 4.78 is 6.44. The lowest BCUT2D eigenvalue weighted by molar-refractivity contribution is 0.672. The molecule has 0 saturated carbocycles. The number of hydrogen-bond acceptors (Lipinski definition) is 6. The maximum atomic E-state index is 6.44. The predicted octanol–water partition coefficient (Wildman–Crippen LogP) is 13.4. The topological polar surface area (TPSA) is 77.6 Å². The van der Waals surface area contributed by atoms with Gasteiger partial charge in [0.05, 0.1) is 11.4 Å². The van der Waals surface area contributed by atoms with Crippen LogP contribution in [0.15, 0.2) is 205 Å². The molecule has 0 N–H and O–H groups in total. The van der Waals surface area contributed by atoms with Crippen molar-refractivity contribution in [2.24, 2.45) is 0 Å². The van der Waals surface area contributed by atoms with Gasteiger partial charge in [0, 0.05) is 49.5 Å². The van der Waals surface area contributed by atoms with E-state index in [-0.39, 0.29) is 0 Å². The summed E-state index contributed by atoms with van der Waals surface area (Å²) in [5.41, 5.74) is 11.2. The molecule has 276 valence electrons. The zero-order valence-corrected chi connectivity index (χ0v) is 31.7. The molecular formula is C53H33N5O. The molecule has 0 saturated heterocycles. The van der Waals surface area contributed by atoms with E-state index in [9.17, 15) is 0 Å². The van der Waals surface area contributed by atoms with Gasteiger partial charge in [-0.1, -0.05) is 158 Å². The molecule has 0 spiro atoms. The molecule has 0 atom stereocenters. The van der Waals surface area contributed by atoms with Crippen molar-refractivity contribution in [3.05, 3.63) is 200 Å². The zero-order chi connectivity index (χ0) is 39.1. The lowest BCUT2D eigenvalue weighted by Gasteiger charge is -2.12. The number of benzene rings is 8. The van der Waals surface area contributed by atoms with Crippen molar-refractivity contribution in [1.29, 1.82) is 0 Å². The van der Waals surface area contributed by atoms with Gasteiger partial charge in [-0.3, -0.25) is 0 Å². The van der Waals surface area contributed by atoms with Crippen molar-refractivity contribution in [2.75, 3.05) is 0 Å². The van der Waals surface area contributed by atoms with Crippen LogP contribution >= 0.6 is 0 Å². The van der Waals surface area contributed by atoms with Gasteiger partial charge in [-0.05, 0) is 59.0 Å². The molecule has 0 bridgehead atoms. The molecule has 0 aliphatic heterocycles. The molecule has 0 aliphatic carbocycles. The highest BCUT2D eigenvalue weighted by Crippen LogP contribution is 2.37. The van der Waals surface area contributed by atoms with Crippen molar-refractivity contribution < 1.29 is 4.42 Å². The molecule has 0 aliphatic rings. The minimum atomic E-state index is 0.610. The van der Waals surface area contributed by atoms with Gasteiger partial charge in [0.15, 0.2) is 23.3 Å². The number of fused-ring (bicyclic) bond motifs is 5. The van der Waals surface area contributed by atoms with Crippen LogP contribution in [0.2, 0.25) is 0 Å². The van der Waals surface area contributed by atoms with Crippen LogP contribution in [0.25, 0.3) is 112 Å². The Morgan fingerprint density at radius 3 is 1.37 bits per heavy atom. The third-order valence-corrected chi connectivity index (χ3v) is 10.7. The van der Waals surface area contributed by atoms with E-state index >= 15 is 0 Å². The van der Waals surface area contributed by atoms with Gasteiger partial charge in [0.25, 0.3) is 0 Å². The van der Waals surface area contributed by atoms with Gasteiger partial charge in [0.2, 0.25) is 0 Å². The largest absolute Gasteiger partial charge is 0.455 e. The van der Waals surface area contributed by atoms with Crippen LogP contribution in [-0.4, -0.2) is 24.9 Å². The van der Waals surface area contributed by atoms with Crippen molar-refractivity contribution in [3.63, 3.8) is 0 Å². The fourth-order valence-corrected chi connectivity index (χ4v) is 7.76. The summed E-state index contributed by atoms with van der Waals surface area (Å²) in [6, 6.07) is 68.2. The molecule has 0 radical (unpaired) electrons. The van der Waals surface area contributed by atoms with E-state index in [2.05, 4.69) is 121 Å². The maximum Gasteiger partial charge on any atom is 0.164 e. The Bertz CT molecular complexity index is 3270. The average molecular weight is 756 g/mol. The van der Waals surface area contributed by atoms with E-state index in [0.29, 0.717) is 23.3 Å². The van der Waals surface area contributed by atoms with Crippen molar-refractivity contribution >= 4 is 32.7 Å². The first-order valence-electron chi connectivity index (χ1n) is 19.6. The first kappa shape index (κ1) is 34.2. The van der Waals surface area contributed by atoms with Gasteiger partial charge in [0.1, 0.15) is 11.2 Å². The minimum absolute atomic E-state index is 0.610. The van der Waals surface area contributed by atoms with E-state index in [0.717, 1.165) is 88.6 Å². The van der Waals surface area contributed by atoms with E-state index in [1.54, 1.807) is 0 Å². The standard InChI is InChI=1S/C53H33N5O/c1-4-15-35(16-5-1)50-54-46(33-47(55-50)41-27-29-48-45(32-41)44-28-26-34-14-10-11-25-43(34)49(44)59-48)40-23-12-21-38(30-40)39-22-13-24-42(31-39)53-57-51(36-17-6-2-7-18-36)56-52(58-53)37-19-8-3-9-20-37/h1-33H. The number of furan rings is 1. The summed E-state index contributed by atoms with van der Waals surface area (Å²) in [7, 11) is 0. The van der Waals surface area contributed by atoms with E-state index in [1.807, 2.05) is 78.9 Å². The fraction of sp³-hybridized carbons (Fsp3) is 0. The smallest absolute Gasteiger partial charge is 0.164 e. The van der Waals surface area contributed by atoms with Crippen molar-refractivity contribution in [1.82, 2.24) is 24.9 Å². The predicted molar refractivity (Wildman–Crippen MR) is 238 cm³/mol. The molecule has 3 aromatic heterocycles. The quantitative estimate of drug-likeness (QED) is 0.161. The molecule has 6 heteroatoms. The van der Waals surface area contributed by atoms with E-state index in [1.165, 1.54) is 0 Å². The Hall–Kier alpha value is -8.09. The molecular weight excluding hydrogens is 723 g/mol. The highest BCUT2D eigenvalue weighted by atomic mass is 16.3. The normalized spacial score (nSPS) is 11.4. The summed E-state index contributed by atoms with van der Waals surface area (Å²) in [6.07, 6.45) is 0. The van der Waals surface area contributed by atoms with Crippen LogP contribution in [0.1, 0.15) is 0 Å². The lowest BCUT2D eigenvalue weighted by atomic mass is 9.98. The monoisotopic (exact) mass is 755 g/mol. The Morgan fingerprint density at radius 2 is 0.746 bits per heavy atom. The van der Waals surface area contributed by atoms with Gasteiger partial charge >= 0.3 is 0 Å². The van der Waals surface area contributed by atoms with Crippen LogP contribution in [-0.2, 0) is 0 Å². The average Bonchev–Trinajstić information content (AvgIpc) is 3.71. The molecule has 11 aromatic rings. The number of rotatable bonds is 7. The summed E-state index contributed by atoms with van der Waals surface area (Å²) in [6.45, 7) is 0. The Balaban J connectivity index is 1.00. The number of hydrogen-bond donors (Lipinski definition) is 0. The van der Waals surface area contributed by atoms with Crippen LogP contribution in [0.3, 0.4) is 0 Å². The molecule has 6 nitrogen and oxygen atoms in total. The lowest BCUT2D eigenvalue weighted by Crippen LogP contribution is -2.00. The van der Waals surface area contributed by atoms with Crippen LogP contribution in [0.5, 0.6) is 0 Å². The van der Waals surface area contributed by atoms with Crippen LogP contribution in [0.4, 0.5) is 0 Å². The number of nitrogens with zero attached hydrogens (tertiary/aromatic N) is 5.